The number of hydrogen-bond acceptors (Lipinski definition) is 5. The minimum Gasteiger partial charge on any atom is -0.493 e. The summed E-state index contributed by atoms with van der Waals surface area (Å²) in [6.07, 6.45) is 0.760. The molecule has 0 saturated carbocycles. The molecule has 0 atom stereocenters. The topological polar surface area (TPSA) is 84.9 Å². The summed E-state index contributed by atoms with van der Waals surface area (Å²) in [5, 5.41) is 2.77. The molecular weight excluding hydrogens is 368 g/mol. The van der Waals surface area contributed by atoms with Crippen LogP contribution in [-0.4, -0.2) is 46.4 Å². The van der Waals surface area contributed by atoms with Crippen molar-refractivity contribution in [2.24, 2.45) is 0 Å². The van der Waals surface area contributed by atoms with E-state index in [0.29, 0.717) is 17.2 Å². The monoisotopic (exact) mass is 392 g/mol. The number of rotatable bonds is 8. The van der Waals surface area contributed by atoms with E-state index >= 15 is 0 Å². The number of para-hydroxylation sites is 1. The number of hydrogen-bond donors (Lipinski definition) is 1. The van der Waals surface area contributed by atoms with E-state index in [-0.39, 0.29) is 11.4 Å². The predicted octanol–water partition coefficient (Wildman–Crippen LogP) is 2.53. The zero-order valence-electron chi connectivity index (χ0n) is 15.9. The maximum absolute atomic E-state index is 12.8. The van der Waals surface area contributed by atoms with Crippen LogP contribution in [0.3, 0.4) is 0 Å². The highest BCUT2D eigenvalue weighted by atomic mass is 32.2. The van der Waals surface area contributed by atoms with Gasteiger partial charge < -0.3 is 14.8 Å². The minimum atomic E-state index is -3.86. The lowest BCUT2D eigenvalue weighted by Crippen LogP contribution is -2.35. The molecule has 0 bridgehead atoms. The number of carbonyl (C=O) groups is 1. The van der Waals surface area contributed by atoms with Crippen LogP contribution in [0.5, 0.6) is 11.5 Å². The Kier molecular flexibility index (Phi) is 6.81. The Morgan fingerprint density at radius 3 is 2.37 bits per heavy atom. The van der Waals surface area contributed by atoms with Crippen molar-refractivity contribution in [3.05, 3.63) is 48.0 Å². The van der Waals surface area contributed by atoms with Crippen LogP contribution in [0.2, 0.25) is 0 Å². The largest absolute Gasteiger partial charge is 0.493 e. The van der Waals surface area contributed by atoms with Gasteiger partial charge in [-0.2, -0.15) is 4.31 Å². The van der Waals surface area contributed by atoms with Crippen LogP contribution in [0.1, 0.15) is 12.5 Å². The molecule has 0 saturated heterocycles. The lowest BCUT2D eigenvalue weighted by Gasteiger charge is -2.18. The van der Waals surface area contributed by atoms with Crippen molar-refractivity contribution < 1.29 is 22.7 Å². The Hall–Kier alpha value is -2.58. The van der Waals surface area contributed by atoms with Gasteiger partial charge >= 0.3 is 0 Å². The van der Waals surface area contributed by atoms with Gasteiger partial charge in [-0.15, -0.1) is 0 Å². The number of likely N-dealkylation sites (N-methyl/N-ethyl adjacent to an activating group) is 1. The summed E-state index contributed by atoms with van der Waals surface area (Å²) in [5.74, 6) is 0.309. The molecule has 2 rings (SSSR count). The Balaban J connectivity index is 2.16. The van der Waals surface area contributed by atoms with Crippen molar-refractivity contribution in [1.29, 1.82) is 0 Å². The van der Waals surface area contributed by atoms with Gasteiger partial charge in [0.2, 0.25) is 15.9 Å². The second-order valence-electron chi connectivity index (χ2n) is 5.84. The third kappa shape index (κ3) is 4.78. The standard InChI is InChI=1S/C19H24N2O5S/c1-5-14-8-6-7-9-16(14)20-19(22)13-21(2)27(23,24)15-10-11-17(25-3)18(12-15)26-4/h6-12H,5,13H2,1-4H3,(H,20,22). The van der Waals surface area contributed by atoms with Gasteiger partial charge in [-0.3, -0.25) is 4.79 Å². The zero-order chi connectivity index (χ0) is 20.0. The summed E-state index contributed by atoms with van der Waals surface area (Å²) in [6.45, 7) is 1.67. The first-order chi connectivity index (χ1) is 12.8. The molecular formula is C19H24N2O5S. The van der Waals surface area contributed by atoms with E-state index in [1.54, 1.807) is 6.07 Å². The summed E-state index contributed by atoms with van der Waals surface area (Å²) in [7, 11) is 0.392. The Morgan fingerprint density at radius 1 is 1.07 bits per heavy atom. The lowest BCUT2D eigenvalue weighted by atomic mass is 10.1. The summed E-state index contributed by atoms with van der Waals surface area (Å²) in [5.41, 5.74) is 1.66. The van der Waals surface area contributed by atoms with Crippen LogP contribution in [0, 0.1) is 0 Å². The van der Waals surface area contributed by atoms with Crippen LogP contribution < -0.4 is 14.8 Å². The van der Waals surface area contributed by atoms with Crippen LogP contribution in [0.25, 0.3) is 0 Å². The molecule has 0 fully saturated rings. The molecule has 1 N–H and O–H groups in total. The molecule has 8 heteroatoms. The normalized spacial score (nSPS) is 11.3. The lowest BCUT2D eigenvalue weighted by molar-refractivity contribution is -0.116. The fraction of sp³-hybridized carbons (Fsp3) is 0.316. The van der Waals surface area contributed by atoms with E-state index in [0.717, 1.165) is 16.3 Å². The van der Waals surface area contributed by atoms with E-state index in [4.69, 9.17) is 9.47 Å². The number of anilines is 1. The van der Waals surface area contributed by atoms with Crippen LogP contribution >= 0.6 is 0 Å². The average molecular weight is 392 g/mol. The van der Waals surface area contributed by atoms with Gasteiger partial charge in [-0.1, -0.05) is 25.1 Å². The van der Waals surface area contributed by atoms with Crippen LogP contribution in [0.15, 0.2) is 47.4 Å². The van der Waals surface area contributed by atoms with E-state index < -0.39 is 15.9 Å². The first-order valence-corrected chi connectivity index (χ1v) is 9.83. The van der Waals surface area contributed by atoms with Gasteiger partial charge in [0.05, 0.1) is 25.7 Å². The third-order valence-electron chi connectivity index (χ3n) is 4.10. The summed E-state index contributed by atoms with van der Waals surface area (Å²) in [6, 6.07) is 11.7. The second-order valence-corrected chi connectivity index (χ2v) is 7.88. The fourth-order valence-corrected chi connectivity index (χ4v) is 3.73. The number of nitrogens with one attached hydrogen (secondary N) is 1. The number of amides is 1. The van der Waals surface area contributed by atoms with Crippen molar-refractivity contribution in [3.8, 4) is 11.5 Å². The molecule has 0 aliphatic rings. The Bertz CT molecular complexity index is 912. The number of benzene rings is 2. The number of sulfonamides is 1. The van der Waals surface area contributed by atoms with Gasteiger partial charge in [0, 0.05) is 18.8 Å². The number of aryl methyl sites for hydroxylation is 1. The van der Waals surface area contributed by atoms with Gasteiger partial charge in [0.15, 0.2) is 11.5 Å². The first kappa shape index (κ1) is 20.7. The summed E-state index contributed by atoms with van der Waals surface area (Å²) in [4.78, 5) is 12.3. The maximum atomic E-state index is 12.8. The molecule has 0 radical (unpaired) electrons. The molecule has 0 aliphatic carbocycles. The van der Waals surface area contributed by atoms with E-state index in [1.165, 1.54) is 39.5 Å². The Morgan fingerprint density at radius 2 is 1.74 bits per heavy atom. The van der Waals surface area contributed by atoms with Crippen molar-refractivity contribution in [2.75, 3.05) is 33.1 Å². The highest BCUT2D eigenvalue weighted by Crippen LogP contribution is 2.30. The molecule has 0 unspecified atom stereocenters. The van der Waals surface area contributed by atoms with E-state index in [9.17, 15) is 13.2 Å². The van der Waals surface area contributed by atoms with Crippen molar-refractivity contribution in [1.82, 2.24) is 4.31 Å². The average Bonchev–Trinajstić information content (AvgIpc) is 2.67. The molecule has 0 aliphatic heterocycles. The van der Waals surface area contributed by atoms with Crippen molar-refractivity contribution >= 4 is 21.6 Å². The van der Waals surface area contributed by atoms with E-state index in [1.807, 2.05) is 25.1 Å². The number of ether oxygens (including phenoxy) is 2. The number of nitrogens with zero attached hydrogens (tertiary/aromatic N) is 1. The minimum absolute atomic E-state index is 0.0180. The molecule has 0 heterocycles. The molecule has 1 amide bonds. The number of carbonyl (C=O) groups excluding carboxylic acids is 1. The molecule has 2 aromatic rings. The highest BCUT2D eigenvalue weighted by Gasteiger charge is 2.24. The molecule has 27 heavy (non-hydrogen) atoms. The molecule has 0 aromatic heterocycles. The van der Waals surface area contributed by atoms with Gasteiger partial charge in [-0.25, -0.2) is 8.42 Å². The molecule has 146 valence electrons. The third-order valence-corrected chi connectivity index (χ3v) is 5.90. The fourth-order valence-electron chi connectivity index (χ4n) is 2.58. The SMILES string of the molecule is CCc1ccccc1NC(=O)CN(C)S(=O)(=O)c1ccc(OC)c(OC)c1. The van der Waals surface area contributed by atoms with E-state index in [2.05, 4.69) is 5.32 Å². The quantitative estimate of drug-likeness (QED) is 0.746. The molecule has 0 spiro atoms. The smallest absolute Gasteiger partial charge is 0.243 e. The second kappa shape index (κ2) is 8.88. The molecule has 2 aromatic carbocycles. The van der Waals surface area contributed by atoms with Crippen LogP contribution in [0.4, 0.5) is 5.69 Å². The van der Waals surface area contributed by atoms with Gasteiger partial charge in [0.1, 0.15) is 0 Å². The van der Waals surface area contributed by atoms with Crippen molar-refractivity contribution in [2.45, 2.75) is 18.2 Å². The zero-order valence-corrected chi connectivity index (χ0v) is 16.7. The van der Waals surface area contributed by atoms with Gasteiger partial charge in [0.25, 0.3) is 0 Å². The van der Waals surface area contributed by atoms with Crippen LogP contribution in [-0.2, 0) is 21.2 Å². The van der Waals surface area contributed by atoms with Gasteiger partial charge in [-0.05, 0) is 30.2 Å². The maximum Gasteiger partial charge on any atom is 0.243 e. The number of methoxy groups -OCH3 is 2. The first-order valence-electron chi connectivity index (χ1n) is 8.39. The Labute approximate surface area is 160 Å². The summed E-state index contributed by atoms with van der Waals surface area (Å²) >= 11 is 0. The molecule has 7 nitrogen and oxygen atoms in total. The highest BCUT2D eigenvalue weighted by molar-refractivity contribution is 7.89. The predicted molar refractivity (Wildman–Crippen MR) is 104 cm³/mol. The van der Waals surface area contributed by atoms with Crippen molar-refractivity contribution in [3.63, 3.8) is 0 Å². The summed E-state index contributed by atoms with van der Waals surface area (Å²) < 4.78 is 36.8.